The van der Waals surface area contributed by atoms with E-state index in [-0.39, 0.29) is 17.6 Å². The van der Waals surface area contributed by atoms with Crippen molar-refractivity contribution in [1.82, 2.24) is 9.55 Å². The lowest BCUT2D eigenvalue weighted by molar-refractivity contribution is 1.13. The maximum absolute atomic E-state index is 8.89. The summed E-state index contributed by atoms with van der Waals surface area (Å²) in [5.74, 6) is 0.299. The molecular formula is C41H26N2. The number of nitrogens with zero attached hydrogens (tertiary/aromatic N) is 2. The van der Waals surface area contributed by atoms with E-state index >= 15 is 0 Å². The van der Waals surface area contributed by atoms with E-state index in [1.807, 2.05) is 41.0 Å². The molecule has 1 aromatic heterocycles. The van der Waals surface area contributed by atoms with E-state index in [4.69, 9.17) is 11.8 Å². The van der Waals surface area contributed by atoms with Crippen LogP contribution in [0.1, 0.15) is 6.85 Å². The predicted octanol–water partition coefficient (Wildman–Crippen LogP) is 11.0. The van der Waals surface area contributed by atoms with Gasteiger partial charge in [0.05, 0.1) is 23.6 Å². The Kier molecular flexibility index (Phi) is 4.24. The number of rotatable bonds is 3. The summed E-state index contributed by atoms with van der Waals surface area (Å²) in [5, 5.41) is 8.70. The summed E-state index contributed by atoms with van der Waals surface area (Å²) in [6.07, 6.45) is 0. The van der Waals surface area contributed by atoms with Crippen molar-refractivity contribution in [3.63, 3.8) is 0 Å². The summed E-state index contributed by atoms with van der Waals surface area (Å²) < 4.78 is 44.9. The van der Waals surface area contributed by atoms with E-state index in [9.17, 15) is 0 Å². The van der Waals surface area contributed by atoms with E-state index in [0.29, 0.717) is 11.3 Å². The molecule has 0 fully saturated rings. The quantitative estimate of drug-likeness (QED) is 0.158. The van der Waals surface area contributed by atoms with Crippen LogP contribution in [0.3, 0.4) is 0 Å². The van der Waals surface area contributed by atoms with Crippen molar-refractivity contribution in [2.24, 2.45) is 0 Å². The van der Waals surface area contributed by atoms with Gasteiger partial charge >= 0.3 is 0 Å². The molecule has 0 aliphatic rings. The SMILES string of the molecule is [2H]c1c([2H])c([2H])c(-c2nc3ccccc3n2-c2c3ccccc3c(-c3cc4ccccc4c4ccccc34)c3ccccc23)c([2H])c1[2H]. The van der Waals surface area contributed by atoms with Gasteiger partial charge in [0.2, 0.25) is 0 Å². The number of hydrogen-bond donors (Lipinski definition) is 0. The molecule has 2 nitrogen and oxygen atoms in total. The van der Waals surface area contributed by atoms with Crippen molar-refractivity contribution in [3.8, 4) is 28.2 Å². The Morgan fingerprint density at radius 2 is 1.07 bits per heavy atom. The van der Waals surface area contributed by atoms with Gasteiger partial charge in [-0.05, 0) is 61.6 Å². The molecule has 8 aromatic carbocycles. The average Bonchev–Trinajstić information content (AvgIpc) is 3.50. The molecule has 0 N–H and O–H groups in total. The van der Waals surface area contributed by atoms with Crippen molar-refractivity contribution >= 4 is 54.1 Å². The highest BCUT2D eigenvalue weighted by Gasteiger charge is 2.22. The summed E-state index contributed by atoms with van der Waals surface area (Å²) in [7, 11) is 0. The summed E-state index contributed by atoms with van der Waals surface area (Å²) in [6.45, 7) is 0. The molecule has 43 heavy (non-hydrogen) atoms. The standard InChI is InChI=1S/C41H26N2/c1-2-14-27(15-3-1)41-42-37-24-12-13-25-38(37)43(41)40-34-22-10-8-20-32(34)39(33-21-9-11-23-35(33)40)36-26-28-16-4-5-17-29(28)30-18-6-7-19-31(30)36/h1-26H/i1D,2D,3D,14D,15D. The van der Waals surface area contributed by atoms with Gasteiger partial charge in [-0.25, -0.2) is 4.98 Å². The highest BCUT2D eigenvalue weighted by molar-refractivity contribution is 6.24. The third kappa shape index (κ3) is 3.57. The number of hydrogen-bond acceptors (Lipinski definition) is 1. The number of aromatic nitrogens is 2. The van der Waals surface area contributed by atoms with Crippen molar-refractivity contribution < 1.29 is 6.85 Å². The summed E-state index contributed by atoms with van der Waals surface area (Å²) in [6, 6.07) is 41.9. The molecule has 2 heteroatoms. The maximum atomic E-state index is 8.89. The van der Waals surface area contributed by atoms with Gasteiger partial charge in [0.1, 0.15) is 5.82 Å². The first-order valence-electron chi connectivity index (χ1n) is 16.8. The molecule has 9 rings (SSSR count). The first kappa shape index (κ1) is 19.4. The number of benzene rings is 8. The number of imidazole rings is 1. The van der Waals surface area contributed by atoms with Gasteiger partial charge in [-0.15, -0.1) is 0 Å². The second-order valence-electron chi connectivity index (χ2n) is 10.8. The summed E-state index contributed by atoms with van der Waals surface area (Å²) in [5.41, 5.74) is 4.58. The van der Waals surface area contributed by atoms with Crippen LogP contribution in [0.4, 0.5) is 0 Å². The van der Waals surface area contributed by atoms with E-state index in [2.05, 4.69) is 91.0 Å². The molecule has 0 atom stereocenters. The first-order chi connectivity index (χ1) is 23.4. The van der Waals surface area contributed by atoms with Gasteiger partial charge < -0.3 is 0 Å². The number of para-hydroxylation sites is 2. The molecule has 0 bridgehead atoms. The van der Waals surface area contributed by atoms with Crippen LogP contribution >= 0.6 is 0 Å². The van der Waals surface area contributed by atoms with Crippen molar-refractivity contribution in [3.05, 3.63) is 158 Å². The predicted molar refractivity (Wildman–Crippen MR) is 182 cm³/mol. The largest absolute Gasteiger partial charge is 0.291 e. The van der Waals surface area contributed by atoms with Crippen molar-refractivity contribution in [2.45, 2.75) is 0 Å². The van der Waals surface area contributed by atoms with Crippen molar-refractivity contribution in [2.75, 3.05) is 0 Å². The lowest BCUT2D eigenvalue weighted by atomic mass is 9.86. The van der Waals surface area contributed by atoms with E-state index in [1.54, 1.807) is 0 Å². The summed E-state index contributed by atoms with van der Waals surface area (Å²) >= 11 is 0. The fourth-order valence-electron chi connectivity index (χ4n) is 6.68. The monoisotopic (exact) mass is 551 g/mol. The molecule has 0 aliphatic heterocycles. The smallest absolute Gasteiger partial charge is 0.145 e. The lowest BCUT2D eigenvalue weighted by Crippen LogP contribution is -2.01. The Hall–Kier alpha value is -5.73. The fourth-order valence-corrected chi connectivity index (χ4v) is 6.68. The summed E-state index contributed by atoms with van der Waals surface area (Å²) in [4.78, 5) is 4.96. The van der Waals surface area contributed by atoms with Crippen LogP contribution in [0.25, 0.3) is 82.3 Å². The van der Waals surface area contributed by atoms with Crippen LogP contribution in [0.2, 0.25) is 0 Å². The zero-order chi connectivity index (χ0) is 32.7. The van der Waals surface area contributed by atoms with E-state index in [1.165, 1.54) is 10.8 Å². The maximum Gasteiger partial charge on any atom is 0.145 e. The minimum atomic E-state index is -0.431. The van der Waals surface area contributed by atoms with Gasteiger partial charge in [0.15, 0.2) is 0 Å². The van der Waals surface area contributed by atoms with Crippen LogP contribution in [0.15, 0.2) is 158 Å². The Balaban J connectivity index is 1.48. The molecule has 0 amide bonds. The van der Waals surface area contributed by atoms with Gasteiger partial charge in [0, 0.05) is 16.3 Å². The third-order valence-corrected chi connectivity index (χ3v) is 8.45. The molecule has 0 saturated heterocycles. The Labute approximate surface area is 256 Å². The van der Waals surface area contributed by atoms with Gasteiger partial charge in [0.25, 0.3) is 0 Å². The molecule has 0 radical (unpaired) electrons. The highest BCUT2D eigenvalue weighted by Crippen LogP contribution is 2.46. The van der Waals surface area contributed by atoms with Crippen LogP contribution < -0.4 is 0 Å². The molecule has 0 aliphatic carbocycles. The fraction of sp³-hybridized carbons (Fsp3) is 0. The minimum Gasteiger partial charge on any atom is -0.291 e. The van der Waals surface area contributed by atoms with E-state index in [0.717, 1.165) is 54.6 Å². The molecule has 1 heterocycles. The molecule has 0 saturated carbocycles. The topological polar surface area (TPSA) is 17.8 Å². The van der Waals surface area contributed by atoms with Crippen LogP contribution in [0, 0.1) is 0 Å². The van der Waals surface area contributed by atoms with Crippen LogP contribution in [0.5, 0.6) is 0 Å². The molecule has 200 valence electrons. The molecule has 0 unspecified atom stereocenters. The van der Waals surface area contributed by atoms with E-state index < -0.39 is 18.1 Å². The van der Waals surface area contributed by atoms with Crippen LogP contribution in [-0.2, 0) is 0 Å². The highest BCUT2D eigenvalue weighted by atomic mass is 15.1. The molecule has 0 spiro atoms. The zero-order valence-electron chi connectivity index (χ0n) is 28.0. The van der Waals surface area contributed by atoms with Gasteiger partial charge in [-0.2, -0.15) is 0 Å². The normalized spacial score (nSPS) is 13.3. The third-order valence-electron chi connectivity index (χ3n) is 8.45. The number of fused-ring (bicyclic) bond motifs is 6. The average molecular weight is 552 g/mol. The molecular weight excluding hydrogens is 520 g/mol. The first-order valence-corrected chi connectivity index (χ1v) is 14.3. The Morgan fingerprint density at radius 3 is 1.79 bits per heavy atom. The van der Waals surface area contributed by atoms with Crippen LogP contribution in [-0.4, -0.2) is 9.55 Å². The van der Waals surface area contributed by atoms with Gasteiger partial charge in [-0.3, -0.25) is 4.57 Å². The van der Waals surface area contributed by atoms with Gasteiger partial charge in [-0.1, -0.05) is 139 Å². The van der Waals surface area contributed by atoms with Crippen molar-refractivity contribution in [1.29, 1.82) is 0 Å². The second kappa shape index (κ2) is 9.40. The second-order valence-corrected chi connectivity index (χ2v) is 10.8. The Bertz CT molecular complexity index is 2720. The zero-order valence-corrected chi connectivity index (χ0v) is 23.0. The minimum absolute atomic E-state index is 0.0648. The lowest BCUT2D eigenvalue weighted by Gasteiger charge is -2.21. The molecule has 9 aromatic rings. The Morgan fingerprint density at radius 1 is 0.512 bits per heavy atom.